The highest BCUT2D eigenvalue weighted by atomic mass is 32.1. The maximum absolute atomic E-state index is 5.35. The van der Waals surface area contributed by atoms with Gasteiger partial charge in [0.25, 0.3) is 0 Å². The molecule has 4 heteroatoms. The number of nitrogens with zero attached hydrogens (tertiary/aromatic N) is 2. The lowest BCUT2D eigenvalue weighted by atomic mass is 9.97. The van der Waals surface area contributed by atoms with Crippen molar-refractivity contribution in [3.05, 3.63) is 180 Å². The molecule has 0 fully saturated rings. The lowest BCUT2D eigenvalue weighted by Crippen LogP contribution is -2.33. The number of hydrogen-bond acceptors (Lipinski definition) is 4. The highest BCUT2D eigenvalue weighted by molar-refractivity contribution is 7.26. The summed E-state index contributed by atoms with van der Waals surface area (Å²) in [7, 11) is 0. The van der Waals surface area contributed by atoms with Gasteiger partial charge in [0, 0.05) is 36.9 Å². The fraction of sp³-hybridized carbons (Fsp3) is 0.0204. The molecule has 1 aliphatic heterocycles. The van der Waals surface area contributed by atoms with Crippen LogP contribution in [0, 0.1) is 0 Å². The first-order chi connectivity index (χ1) is 26.2. The monoisotopic (exact) mass is 691 g/mol. The number of fused-ring (bicyclic) bond motifs is 11. The molecule has 12 rings (SSSR count). The van der Waals surface area contributed by atoms with Crippen LogP contribution in [-0.2, 0) is 0 Å². The first-order valence-corrected chi connectivity index (χ1v) is 18.9. The van der Waals surface area contributed by atoms with E-state index >= 15 is 0 Å². The summed E-state index contributed by atoms with van der Waals surface area (Å²) in [6.45, 7) is 0. The summed E-state index contributed by atoms with van der Waals surface area (Å²) in [4.78, 5) is 10.7. The molecule has 1 aromatic heterocycles. The Morgan fingerprint density at radius 2 is 1.19 bits per heavy atom. The highest BCUT2D eigenvalue weighted by Crippen LogP contribution is 2.53. The zero-order chi connectivity index (χ0) is 34.6. The van der Waals surface area contributed by atoms with E-state index in [2.05, 4.69) is 169 Å². The lowest BCUT2D eigenvalue weighted by Gasteiger charge is -2.24. The van der Waals surface area contributed by atoms with Crippen LogP contribution in [0.4, 0.5) is 0 Å². The van der Waals surface area contributed by atoms with E-state index in [9.17, 15) is 0 Å². The molecule has 1 aliphatic carbocycles. The topological polar surface area (TPSA) is 36.8 Å². The molecule has 1 N–H and O–H groups in total. The smallest absolute Gasteiger partial charge is 0.159 e. The number of nitrogens with one attached hydrogen (secondary N) is 1. The van der Waals surface area contributed by atoms with Gasteiger partial charge in [-0.1, -0.05) is 146 Å². The zero-order valence-corrected chi connectivity index (χ0v) is 29.3. The second kappa shape index (κ2) is 10.9. The number of aliphatic imine (C=N–C) groups is 2. The summed E-state index contributed by atoms with van der Waals surface area (Å²) in [6, 6.07) is 59.5. The molecule has 2 heterocycles. The van der Waals surface area contributed by atoms with Gasteiger partial charge >= 0.3 is 0 Å². The molecule has 2 aliphatic rings. The SMILES string of the molecule is c1ccc2cc(C3=NC(c4ccc5ccc6ccccc6c5c4)NC(c4cccc5sc6c7c(ccc6c45)-c4cccc5cccc-7c45)=N3)ccc2c1. The van der Waals surface area contributed by atoms with Crippen molar-refractivity contribution in [1.29, 1.82) is 0 Å². The number of thiophene rings is 1. The molecule has 0 saturated carbocycles. The summed E-state index contributed by atoms with van der Waals surface area (Å²) < 4.78 is 2.58. The first kappa shape index (κ1) is 29.0. The van der Waals surface area contributed by atoms with Crippen molar-refractivity contribution in [2.24, 2.45) is 9.98 Å². The van der Waals surface area contributed by atoms with E-state index < -0.39 is 0 Å². The van der Waals surface area contributed by atoms with Gasteiger partial charge in [0.15, 0.2) is 5.84 Å². The fourth-order valence-electron chi connectivity index (χ4n) is 8.76. The summed E-state index contributed by atoms with van der Waals surface area (Å²) in [6.07, 6.45) is -0.330. The van der Waals surface area contributed by atoms with Crippen LogP contribution < -0.4 is 5.32 Å². The van der Waals surface area contributed by atoms with Gasteiger partial charge in [-0.2, -0.15) is 0 Å². The molecule has 0 bridgehead atoms. The molecule has 0 radical (unpaired) electrons. The molecule has 9 aromatic carbocycles. The van der Waals surface area contributed by atoms with E-state index in [4.69, 9.17) is 9.98 Å². The standard InChI is InChI=1S/C49H29N3S/c1-2-10-32-26-33(22-18-28(32)8-1)47-50-48(34-23-21-30-20-19-29-9-3-4-13-35(29)41(30)27-34)52-49(51-47)40-16-7-17-42-44(40)39-25-24-37-36-14-5-11-31-12-6-15-38(43(31)36)45(37)46(39)53-42/h1-27,48H,(H,50,51,52). The van der Waals surface area contributed by atoms with Crippen molar-refractivity contribution in [1.82, 2.24) is 5.32 Å². The second-order valence-corrected chi connectivity index (χ2v) is 15.2. The van der Waals surface area contributed by atoms with Gasteiger partial charge in [0.05, 0.1) is 0 Å². The molecule has 0 spiro atoms. The quantitative estimate of drug-likeness (QED) is 0.184. The molecular formula is C49H29N3S. The average molecular weight is 692 g/mol. The van der Waals surface area contributed by atoms with Gasteiger partial charge in [-0.05, 0) is 83.5 Å². The highest BCUT2D eigenvalue weighted by Gasteiger charge is 2.27. The Balaban J connectivity index is 1.07. The van der Waals surface area contributed by atoms with Crippen LogP contribution in [-0.4, -0.2) is 11.7 Å². The van der Waals surface area contributed by atoms with Crippen molar-refractivity contribution in [3.8, 4) is 22.3 Å². The predicted molar refractivity (Wildman–Crippen MR) is 226 cm³/mol. The van der Waals surface area contributed by atoms with Gasteiger partial charge in [-0.15, -0.1) is 11.3 Å². The largest absolute Gasteiger partial charge is 0.344 e. The zero-order valence-electron chi connectivity index (χ0n) is 28.5. The Morgan fingerprint density at radius 3 is 2.09 bits per heavy atom. The van der Waals surface area contributed by atoms with Gasteiger partial charge in [-0.3, -0.25) is 0 Å². The van der Waals surface area contributed by atoms with E-state index in [1.807, 2.05) is 11.3 Å². The summed E-state index contributed by atoms with van der Waals surface area (Å²) in [5.74, 6) is 1.56. The number of amidine groups is 2. The second-order valence-electron chi connectivity index (χ2n) is 14.1. The lowest BCUT2D eigenvalue weighted by molar-refractivity contribution is 0.675. The maximum atomic E-state index is 5.35. The van der Waals surface area contributed by atoms with Crippen LogP contribution >= 0.6 is 11.3 Å². The summed E-state index contributed by atoms with van der Waals surface area (Å²) in [5, 5.41) is 16.3. The number of hydrogen-bond donors (Lipinski definition) is 1. The van der Waals surface area contributed by atoms with Crippen molar-refractivity contribution in [2.45, 2.75) is 6.17 Å². The Morgan fingerprint density at radius 1 is 0.472 bits per heavy atom. The van der Waals surface area contributed by atoms with Crippen molar-refractivity contribution >= 4 is 86.3 Å². The Bertz CT molecular complexity index is 3270. The third kappa shape index (κ3) is 4.27. The molecule has 0 amide bonds. The predicted octanol–water partition coefficient (Wildman–Crippen LogP) is 12.8. The van der Waals surface area contributed by atoms with Crippen LogP contribution in [0.25, 0.3) is 85.5 Å². The molecule has 0 saturated heterocycles. The van der Waals surface area contributed by atoms with Gasteiger partial charge < -0.3 is 5.32 Å². The number of benzene rings is 9. The average Bonchev–Trinajstić information content (AvgIpc) is 3.77. The maximum Gasteiger partial charge on any atom is 0.159 e. The minimum Gasteiger partial charge on any atom is -0.344 e. The summed E-state index contributed by atoms with van der Waals surface area (Å²) >= 11 is 1.89. The van der Waals surface area contributed by atoms with Gasteiger partial charge in [-0.25, -0.2) is 9.98 Å². The van der Waals surface area contributed by atoms with Crippen LogP contribution in [0.1, 0.15) is 22.9 Å². The van der Waals surface area contributed by atoms with Crippen LogP contribution in [0.5, 0.6) is 0 Å². The third-order valence-electron chi connectivity index (χ3n) is 11.2. The molecule has 1 atom stereocenters. The fourth-order valence-corrected chi connectivity index (χ4v) is 10.0. The van der Waals surface area contributed by atoms with E-state index in [0.29, 0.717) is 0 Å². The van der Waals surface area contributed by atoms with Crippen molar-refractivity contribution in [2.75, 3.05) is 0 Å². The van der Waals surface area contributed by atoms with Gasteiger partial charge in [0.2, 0.25) is 0 Å². The third-order valence-corrected chi connectivity index (χ3v) is 12.4. The number of rotatable bonds is 3. The van der Waals surface area contributed by atoms with E-state index in [1.165, 1.54) is 85.5 Å². The minimum atomic E-state index is -0.330. The van der Waals surface area contributed by atoms with Crippen LogP contribution in [0.2, 0.25) is 0 Å². The normalized spacial score (nSPS) is 15.0. The van der Waals surface area contributed by atoms with E-state index in [-0.39, 0.29) is 6.17 Å². The molecule has 53 heavy (non-hydrogen) atoms. The van der Waals surface area contributed by atoms with Crippen molar-refractivity contribution < 1.29 is 0 Å². The molecule has 246 valence electrons. The Kier molecular flexibility index (Phi) is 5.99. The van der Waals surface area contributed by atoms with Crippen molar-refractivity contribution in [3.63, 3.8) is 0 Å². The molecule has 3 nitrogen and oxygen atoms in total. The minimum absolute atomic E-state index is 0.330. The van der Waals surface area contributed by atoms with Gasteiger partial charge in [0.1, 0.15) is 12.0 Å². The molecule has 10 aromatic rings. The van der Waals surface area contributed by atoms with E-state index in [1.54, 1.807) is 0 Å². The first-order valence-electron chi connectivity index (χ1n) is 18.1. The van der Waals surface area contributed by atoms with Crippen LogP contribution in [0.3, 0.4) is 0 Å². The Hall–Kier alpha value is -6.62. The van der Waals surface area contributed by atoms with E-state index in [0.717, 1.165) is 28.4 Å². The molecule has 1 unspecified atom stereocenters. The summed E-state index contributed by atoms with van der Waals surface area (Å²) in [5.41, 5.74) is 8.52. The molecular weight excluding hydrogens is 663 g/mol. The van der Waals surface area contributed by atoms with Crippen LogP contribution in [0.15, 0.2) is 174 Å². The Labute approximate surface area is 309 Å².